The first kappa shape index (κ1) is 19.0. The molecule has 1 saturated carbocycles. The van der Waals surface area contributed by atoms with Gasteiger partial charge in [-0.2, -0.15) is 0 Å². The molecule has 1 aromatic rings. The van der Waals surface area contributed by atoms with Crippen LogP contribution in [-0.2, 0) is 14.3 Å². The van der Waals surface area contributed by atoms with E-state index in [0.29, 0.717) is 36.4 Å². The number of benzene rings is 1. The van der Waals surface area contributed by atoms with E-state index in [9.17, 15) is 14.7 Å². The van der Waals surface area contributed by atoms with E-state index in [1.165, 1.54) is 7.11 Å². The Bertz CT molecular complexity index is 755. The topological polar surface area (TPSA) is 97.3 Å². The van der Waals surface area contributed by atoms with Crippen molar-refractivity contribution in [3.8, 4) is 11.5 Å². The second-order valence-electron chi connectivity index (χ2n) is 7.78. The molecular weight excluding hydrogens is 364 g/mol. The normalized spacial score (nSPS) is 32.0. The first-order valence-electron chi connectivity index (χ1n) is 9.60. The summed E-state index contributed by atoms with van der Waals surface area (Å²) in [5, 5.41) is 12.7. The summed E-state index contributed by atoms with van der Waals surface area (Å²) in [4.78, 5) is 27.0. The number of carbonyl (C=O) groups is 2. The van der Waals surface area contributed by atoms with Crippen LogP contribution in [0.4, 0.5) is 0 Å². The third kappa shape index (κ3) is 3.42. The lowest BCUT2D eigenvalue weighted by molar-refractivity contribution is -0.154. The number of aliphatic hydroxyl groups excluding tert-OH is 1. The number of aliphatic hydroxyl groups is 1. The molecular formula is C20H26N2O6. The van der Waals surface area contributed by atoms with E-state index in [0.717, 1.165) is 18.4 Å². The van der Waals surface area contributed by atoms with Crippen LogP contribution < -0.4 is 14.8 Å². The molecule has 0 bridgehead atoms. The predicted molar refractivity (Wildman–Crippen MR) is 99.0 cm³/mol. The molecule has 28 heavy (non-hydrogen) atoms. The number of ether oxygens (including phenoxy) is 3. The van der Waals surface area contributed by atoms with Gasteiger partial charge in [-0.3, -0.25) is 9.59 Å². The molecule has 2 aliphatic heterocycles. The van der Waals surface area contributed by atoms with Gasteiger partial charge >= 0.3 is 0 Å². The molecule has 2 saturated heterocycles. The van der Waals surface area contributed by atoms with E-state index < -0.39 is 12.1 Å². The van der Waals surface area contributed by atoms with Crippen LogP contribution in [0.15, 0.2) is 18.2 Å². The zero-order valence-electron chi connectivity index (χ0n) is 16.1. The molecule has 1 aromatic carbocycles. The molecule has 8 nitrogen and oxygen atoms in total. The Morgan fingerprint density at radius 1 is 1.18 bits per heavy atom. The number of hydrogen-bond acceptors (Lipinski definition) is 6. The summed E-state index contributed by atoms with van der Waals surface area (Å²) in [6.45, 7) is 1.12. The third-order valence-corrected chi connectivity index (χ3v) is 6.06. The van der Waals surface area contributed by atoms with Crippen LogP contribution in [0, 0.1) is 11.8 Å². The van der Waals surface area contributed by atoms with Crippen molar-refractivity contribution in [3.63, 3.8) is 0 Å². The van der Waals surface area contributed by atoms with Crippen LogP contribution >= 0.6 is 0 Å². The number of nitrogens with one attached hydrogen (secondary N) is 1. The number of morpholine rings is 1. The second-order valence-corrected chi connectivity index (χ2v) is 7.78. The summed E-state index contributed by atoms with van der Waals surface area (Å²) in [5.41, 5.74) is 0.721. The highest BCUT2D eigenvalue weighted by molar-refractivity contribution is 5.86. The Morgan fingerprint density at radius 3 is 2.50 bits per heavy atom. The maximum Gasteiger partial charge on any atom is 0.254 e. The van der Waals surface area contributed by atoms with Gasteiger partial charge in [-0.05, 0) is 42.4 Å². The summed E-state index contributed by atoms with van der Waals surface area (Å²) < 4.78 is 16.3. The Morgan fingerprint density at radius 2 is 1.86 bits per heavy atom. The highest BCUT2D eigenvalue weighted by Crippen LogP contribution is 2.39. The minimum atomic E-state index is -0.792. The molecule has 2 N–H and O–H groups in total. The van der Waals surface area contributed by atoms with Crippen molar-refractivity contribution in [3.05, 3.63) is 23.8 Å². The van der Waals surface area contributed by atoms with Crippen LogP contribution in [0.3, 0.4) is 0 Å². The monoisotopic (exact) mass is 390 g/mol. The average molecular weight is 390 g/mol. The number of nitrogens with zero attached hydrogens (tertiary/aromatic N) is 1. The molecule has 8 heteroatoms. The summed E-state index contributed by atoms with van der Waals surface area (Å²) >= 11 is 0. The van der Waals surface area contributed by atoms with Crippen molar-refractivity contribution in [2.45, 2.75) is 31.1 Å². The van der Waals surface area contributed by atoms with Gasteiger partial charge in [0.05, 0.1) is 26.4 Å². The number of rotatable bonds is 4. The standard InChI is InChI=1S/C20H26N2O6/c1-26-15-4-3-11(7-16(15)27-2)18-19(28-10-17(24)21-18)20(25)22-8-12-5-14(23)6-13(12)9-22/h3-4,7,12-14,18-19,23H,5-6,8-10H2,1-2H3,(H,21,24)/t12-,13+,14?,18-,19+/m1/s1. The van der Waals surface area contributed by atoms with Gasteiger partial charge in [0.15, 0.2) is 17.6 Å². The molecule has 3 fully saturated rings. The summed E-state index contributed by atoms with van der Waals surface area (Å²) in [6.07, 6.45) is 0.447. The fraction of sp³-hybridized carbons (Fsp3) is 0.600. The molecule has 0 radical (unpaired) electrons. The molecule has 0 spiro atoms. The van der Waals surface area contributed by atoms with Gasteiger partial charge in [0.25, 0.3) is 5.91 Å². The molecule has 3 aliphatic rings. The molecule has 152 valence electrons. The summed E-state index contributed by atoms with van der Waals surface area (Å²) in [5.74, 6) is 1.40. The van der Waals surface area contributed by atoms with Gasteiger partial charge in [-0.1, -0.05) is 6.07 Å². The molecule has 2 amide bonds. The number of hydrogen-bond donors (Lipinski definition) is 2. The SMILES string of the molecule is COc1ccc([C@H]2NC(=O)CO[C@@H]2C(=O)N2C[C@H]3CC(O)C[C@H]3C2)cc1OC. The smallest absolute Gasteiger partial charge is 0.254 e. The van der Waals surface area contributed by atoms with E-state index in [2.05, 4.69) is 5.32 Å². The van der Waals surface area contributed by atoms with E-state index in [1.54, 1.807) is 25.3 Å². The fourth-order valence-electron chi connectivity index (χ4n) is 4.70. The van der Waals surface area contributed by atoms with Crippen molar-refractivity contribution < 1.29 is 28.9 Å². The Labute approximate surface area is 163 Å². The van der Waals surface area contributed by atoms with E-state index in [4.69, 9.17) is 14.2 Å². The Kier molecular flexibility index (Phi) is 5.16. The van der Waals surface area contributed by atoms with E-state index in [-0.39, 0.29) is 24.5 Å². The predicted octanol–water partition coefficient (Wildman–Crippen LogP) is 0.489. The van der Waals surface area contributed by atoms with Gasteiger partial charge in [0.1, 0.15) is 6.61 Å². The third-order valence-electron chi connectivity index (χ3n) is 6.06. The average Bonchev–Trinajstić information content (AvgIpc) is 3.24. The Hall–Kier alpha value is -2.32. The summed E-state index contributed by atoms with van der Waals surface area (Å²) in [6, 6.07) is 4.71. The quantitative estimate of drug-likeness (QED) is 0.777. The number of amides is 2. The van der Waals surface area contributed by atoms with Gasteiger partial charge < -0.3 is 29.5 Å². The van der Waals surface area contributed by atoms with Gasteiger partial charge in [-0.15, -0.1) is 0 Å². The van der Waals surface area contributed by atoms with Crippen molar-refractivity contribution in [2.75, 3.05) is 33.9 Å². The molecule has 5 atom stereocenters. The zero-order chi connectivity index (χ0) is 19.8. The lowest BCUT2D eigenvalue weighted by Gasteiger charge is -2.34. The van der Waals surface area contributed by atoms with E-state index >= 15 is 0 Å². The fourth-order valence-corrected chi connectivity index (χ4v) is 4.70. The first-order chi connectivity index (χ1) is 13.5. The first-order valence-corrected chi connectivity index (χ1v) is 9.60. The van der Waals surface area contributed by atoms with Crippen LogP contribution in [-0.4, -0.2) is 67.9 Å². The maximum absolute atomic E-state index is 13.2. The van der Waals surface area contributed by atoms with Crippen LogP contribution in [0.1, 0.15) is 24.4 Å². The lowest BCUT2D eigenvalue weighted by Crippen LogP contribution is -2.53. The van der Waals surface area contributed by atoms with Crippen LogP contribution in [0.2, 0.25) is 0 Å². The highest BCUT2D eigenvalue weighted by atomic mass is 16.5. The molecule has 1 aliphatic carbocycles. The van der Waals surface area contributed by atoms with E-state index in [1.807, 2.05) is 4.90 Å². The minimum absolute atomic E-state index is 0.122. The summed E-state index contributed by atoms with van der Waals surface area (Å²) in [7, 11) is 3.09. The van der Waals surface area contributed by atoms with Gasteiger partial charge in [0, 0.05) is 13.1 Å². The number of carbonyl (C=O) groups excluding carboxylic acids is 2. The largest absolute Gasteiger partial charge is 0.493 e. The van der Waals surface area contributed by atoms with Crippen molar-refractivity contribution in [2.24, 2.45) is 11.8 Å². The zero-order valence-corrected chi connectivity index (χ0v) is 16.1. The number of methoxy groups -OCH3 is 2. The highest BCUT2D eigenvalue weighted by Gasteiger charge is 2.45. The van der Waals surface area contributed by atoms with Crippen molar-refractivity contribution in [1.82, 2.24) is 10.2 Å². The van der Waals surface area contributed by atoms with Crippen molar-refractivity contribution >= 4 is 11.8 Å². The second kappa shape index (κ2) is 7.60. The number of fused-ring (bicyclic) bond motifs is 1. The van der Waals surface area contributed by atoms with Crippen LogP contribution in [0.25, 0.3) is 0 Å². The van der Waals surface area contributed by atoms with Crippen LogP contribution in [0.5, 0.6) is 11.5 Å². The molecule has 1 unspecified atom stereocenters. The molecule has 0 aromatic heterocycles. The maximum atomic E-state index is 13.2. The number of likely N-dealkylation sites (tertiary alicyclic amines) is 1. The molecule has 2 heterocycles. The van der Waals surface area contributed by atoms with Crippen molar-refractivity contribution in [1.29, 1.82) is 0 Å². The van der Waals surface area contributed by atoms with Gasteiger partial charge in [-0.25, -0.2) is 0 Å². The minimum Gasteiger partial charge on any atom is -0.493 e. The lowest BCUT2D eigenvalue weighted by atomic mass is 9.98. The van der Waals surface area contributed by atoms with Gasteiger partial charge in [0.2, 0.25) is 5.91 Å². The molecule has 4 rings (SSSR count). The Balaban J connectivity index is 1.55.